The molecule has 0 aliphatic heterocycles. The quantitative estimate of drug-likeness (QED) is 0.784. The molecule has 0 bridgehead atoms. The van der Waals surface area contributed by atoms with Crippen molar-refractivity contribution in [3.8, 4) is 0 Å². The van der Waals surface area contributed by atoms with Gasteiger partial charge in [-0.15, -0.1) is 0 Å². The Morgan fingerprint density at radius 2 is 2.12 bits per heavy atom. The molecule has 96 valence electrons. The van der Waals surface area contributed by atoms with Gasteiger partial charge in [0.05, 0.1) is 6.10 Å². The summed E-state index contributed by atoms with van der Waals surface area (Å²) in [4.78, 5) is 11.7. The van der Waals surface area contributed by atoms with Crippen LogP contribution < -0.4 is 10.6 Å². The second-order valence-corrected chi connectivity index (χ2v) is 5.71. The van der Waals surface area contributed by atoms with Crippen molar-refractivity contribution < 1.29 is 9.53 Å². The number of rotatable bonds is 4. The second kappa shape index (κ2) is 4.16. The largest absolute Gasteiger partial charge is 0.378 e. The van der Waals surface area contributed by atoms with Gasteiger partial charge in [-0.2, -0.15) is 0 Å². The molecule has 0 heterocycles. The molecule has 0 saturated heterocycles. The number of hydrogen-bond donors (Lipinski definition) is 2. The standard InChI is InChI=1S/C13H22N2O2/c1-2-17-11-8-10(13(11)6-3-7-13)15-12(16)14-9-4-5-9/h9-11H,2-8H2,1H3,(H2,14,15,16)/t10-,11+/m0/s1. The maximum absolute atomic E-state index is 11.7. The number of nitrogens with one attached hydrogen (secondary N) is 2. The Bertz CT molecular complexity index is 311. The predicted octanol–water partition coefficient (Wildman–Crippen LogP) is 1.80. The van der Waals surface area contributed by atoms with Crippen molar-refractivity contribution in [2.75, 3.05) is 6.61 Å². The Labute approximate surface area is 102 Å². The van der Waals surface area contributed by atoms with Crippen LogP contribution >= 0.6 is 0 Å². The van der Waals surface area contributed by atoms with E-state index in [1.807, 2.05) is 6.92 Å². The van der Waals surface area contributed by atoms with E-state index in [-0.39, 0.29) is 11.4 Å². The van der Waals surface area contributed by atoms with E-state index in [0.29, 0.717) is 18.2 Å². The molecule has 3 aliphatic carbocycles. The van der Waals surface area contributed by atoms with Gasteiger partial charge in [0.25, 0.3) is 0 Å². The molecule has 1 spiro atoms. The fourth-order valence-corrected chi connectivity index (χ4v) is 3.25. The van der Waals surface area contributed by atoms with Gasteiger partial charge < -0.3 is 15.4 Å². The average molecular weight is 238 g/mol. The van der Waals surface area contributed by atoms with Crippen molar-refractivity contribution in [2.45, 2.75) is 63.6 Å². The highest BCUT2D eigenvalue weighted by molar-refractivity contribution is 5.75. The predicted molar refractivity (Wildman–Crippen MR) is 64.8 cm³/mol. The van der Waals surface area contributed by atoms with E-state index in [2.05, 4.69) is 10.6 Å². The molecule has 4 nitrogen and oxygen atoms in total. The molecule has 2 amide bonds. The molecule has 3 saturated carbocycles. The summed E-state index contributed by atoms with van der Waals surface area (Å²) in [5.74, 6) is 0. The van der Waals surface area contributed by atoms with Crippen LogP contribution in [-0.4, -0.2) is 30.8 Å². The Balaban J connectivity index is 1.52. The molecule has 0 radical (unpaired) electrons. The van der Waals surface area contributed by atoms with Gasteiger partial charge >= 0.3 is 6.03 Å². The van der Waals surface area contributed by atoms with Gasteiger partial charge in [-0.25, -0.2) is 4.79 Å². The van der Waals surface area contributed by atoms with Crippen molar-refractivity contribution in [3.05, 3.63) is 0 Å². The monoisotopic (exact) mass is 238 g/mol. The Hall–Kier alpha value is -0.770. The van der Waals surface area contributed by atoms with Gasteiger partial charge in [-0.1, -0.05) is 6.42 Å². The summed E-state index contributed by atoms with van der Waals surface area (Å²) < 4.78 is 5.77. The van der Waals surface area contributed by atoms with E-state index in [4.69, 9.17) is 4.74 Å². The number of carbonyl (C=O) groups excluding carboxylic acids is 1. The first-order chi connectivity index (χ1) is 8.24. The number of hydrogen-bond acceptors (Lipinski definition) is 2. The highest BCUT2D eigenvalue weighted by Crippen LogP contribution is 2.57. The minimum Gasteiger partial charge on any atom is -0.378 e. The third-order valence-corrected chi connectivity index (χ3v) is 4.66. The lowest BCUT2D eigenvalue weighted by molar-refractivity contribution is -0.169. The minimum absolute atomic E-state index is 0.0266. The molecular formula is C13H22N2O2. The number of amides is 2. The van der Waals surface area contributed by atoms with Crippen LogP contribution in [0.5, 0.6) is 0 Å². The van der Waals surface area contributed by atoms with Crippen molar-refractivity contribution in [2.24, 2.45) is 5.41 Å². The third kappa shape index (κ3) is 1.92. The summed E-state index contributed by atoms with van der Waals surface area (Å²) in [7, 11) is 0. The second-order valence-electron chi connectivity index (χ2n) is 5.71. The van der Waals surface area contributed by atoms with E-state index < -0.39 is 0 Å². The molecule has 3 rings (SSSR count). The van der Waals surface area contributed by atoms with Crippen LogP contribution in [0.4, 0.5) is 4.79 Å². The first-order valence-corrected chi connectivity index (χ1v) is 6.93. The fourth-order valence-electron chi connectivity index (χ4n) is 3.25. The van der Waals surface area contributed by atoms with E-state index in [9.17, 15) is 4.79 Å². The number of urea groups is 1. The van der Waals surface area contributed by atoms with Gasteiger partial charge in [0.15, 0.2) is 0 Å². The van der Waals surface area contributed by atoms with Crippen molar-refractivity contribution in [1.82, 2.24) is 10.6 Å². The SMILES string of the molecule is CCO[C@@H]1C[C@H](NC(=O)NC2CC2)C12CCC2. The number of carbonyl (C=O) groups is 1. The molecule has 0 aromatic rings. The van der Waals surface area contributed by atoms with Crippen LogP contribution in [0.2, 0.25) is 0 Å². The van der Waals surface area contributed by atoms with Gasteiger partial charge in [0.1, 0.15) is 0 Å². The molecule has 2 atom stereocenters. The first kappa shape index (κ1) is 11.3. The Morgan fingerprint density at radius 3 is 2.65 bits per heavy atom. The van der Waals surface area contributed by atoms with Gasteiger partial charge in [-0.05, 0) is 39.0 Å². The molecule has 4 heteroatoms. The lowest BCUT2D eigenvalue weighted by Gasteiger charge is -2.60. The average Bonchev–Trinajstić information content (AvgIpc) is 2.97. The molecule has 0 aromatic carbocycles. The van der Waals surface area contributed by atoms with Crippen LogP contribution in [0.15, 0.2) is 0 Å². The van der Waals surface area contributed by atoms with Crippen LogP contribution in [0.25, 0.3) is 0 Å². The summed E-state index contributed by atoms with van der Waals surface area (Å²) in [6.45, 7) is 2.83. The maximum Gasteiger partial charge on any atom is 0.315 e. The zero-order valence-electron chi connectivity index (χ0n) is 10.5. The smallest absolute Gasteiger partial charge is 0.315 e. The molecule has 0 aromatic heterocycles. The van der Waals surface area contributed by atoms with Crippen LogP contribution in [0.3, 0.4) is 0 Å². The molecular weight excluding hydrogens is 216 g/mol. The van der Waals surface area contributed by atoms with E-state index in [1.165, 1.54) is 19.3 Å². The van der Waals surface area contributed by atoms with Gasteiger partial charge in [0, 0.05) is 24.1 Å². The normalized spacial score (nSPS) is 33.7. The van der Waals surface area contributed by atoms with Crippen LogP contribution in [0.1, 0.15) is 45.4 Å². The van der Waals surface area contributed by atoms with E-state index in [1.54, 1.807) is 0 Å². The summed E-state index contributed by atoms with van der Waals surface area (Å²) >= 11 is 0. The maximum atomic E-state index is 11.7. The van der Waals surface area contributed by atoms with Gasteiger partial charge in [-0.3, -0.25) is 0 Å². The van der Waals surface area contributed by atoms with Crippen molar-refractivity contribution >= 4 is 6.03 Å². The summed E-state index contributed by atoms with van der Waals surface area (Å²) in [6, 6.07) is 0.806. The van der Waals surface area contributed by atoms with Crippen molar-refractivity contribution in [1.29, 1.82) is 0 Å². The van der Waals surface area contributed by atoms with Gasteiger partial charge in [0.2, 0.25) is 0 Å². The highest BCUT2D eigenvalue weighted by atomic mass is 16.5. The lowest BCUT2D eigenvalue weighted by atomic mass is 9.51. The number of ether oxygens (including phenoxy) is 1. The Morgan fingerprint density at radius 1 is 1.35 bits per heavy atom. The van der Waals surface area contributed by atoms with E-state index >= 15 is 0 Å². The first-order valence-electron chi connectivity index (χ1n) is 6.93. The summed E-state index contributed by atoms with van der Waals surface area (Å²) in [5, 5.41) is 6.13. The zero-order valence-corrected chi connectivity index (χ0v) is 10.5. The summed E-state index contributed by atoms with van der Waals surface area (Å²) in [5.41, 5.74) is 0.275. The molecule has 0 unspecified atom stereocenters. The topological polar surface area (TPSA) is 50.4 Å². The third-order valence-electron chi connectivity index (χ3n) is 4.66. The minimum atomic E-state index is 0.0266. The highest BCUT2D eigenvalue weighted by Gasteiger charge is 2.59. The zero-order chi connectivity index (χ0) is 11.9. The van der Waals surface area contributed by atoms with Crippen LogP contribution in [-0.2, 0) is 4.74 Å². The summed E-state index contributed by atoms with van der Waals surface area (Å²) in [6.07, 6.45) is 7.37. The molecule has 3 fully saturated rings. The van der Waals surface area contributed by atoms with E-state index in [0.717, 1.165) is 25.9 Å². The fraction of sp³-hybridized carbons (Fsp3) is 0.923. The molecule has 2 N–H and O–H groups in total. The van der Waals surface area contributed by atoms with Crippen molar-refractivity contribution in [3.63, 3.8) is 0 Å². The molecule has 17 heavy (non-hydrogen) atoms. The van der Waals surface area contributed by atoms with Crippen LogP contribution in [0, 0.1) is 5.41 Å². The molecule has 3 aliphatic rings. The lowest BCUT2D eigenvalue weighted by Crippen LogP contribution is -2.68. The Kier molecular flexibility index (Phi) is 2.77.